The van der Waals surface area contributed by atoms with Crippen molar-refractivity contribution in [1.29, 1.82) is 0 Å². The Labute approximate surface area is 104 Å². The van der Waals surface area contributed by atoms with Crippen molar-refractivity contribution < 1.29 is 5.11 Å². The predicted octanol–water partition coefficient (Wildman–Crippen LogP) is 0.519. The molecule has 0 aromatic carbocycles. The van der Waals surface area contributed by atoms with E-state index >= 15 is 0 Å². The molecule has 0 spiro atoms. The van der Waals surface area contributed by atoms with E-state index in [9.17, 15) is 0 Å². The van der Waals surface area contributed by atoms with Crippen molar-refractivity contribution in [3.8, 4) is 0 Å². The van der Waals surface area contributed by atoms with Crippen LogP contribution in [0.3, 0.4) is 0 Å². The first-order valence-corrected chi connectivity index (χ1v) is 2.28. The number of hydrogen-bond acceptors (Lipinski definition) is 1. The summed E-state index contributed by atoms with van der Waals surface area (Å²) in [4.78, 5) is 0. The van der Waals surface area contributed by atoms with Gasteiger partial charge in [0, 0.05) is 0 Å². The van der Waals surface area contributed by atoms with Crippen LogP contribution in [0.15, 0.2) is 0 Å². The first kappa shape index (κ1) is 11.8. The molecule has 2 heteroatoms. The molecule has 0 amide bonds. The fourth-order valence-electron chi connectivity index (χ4n) is 0. The van der Waals surface area contributed by atoms with E-state index < -0.39 is 5.60 Å². The Bertz CT molecular complexity index is 37.8. The van der Waals surface area contributed by atoms with Crippen molar-refractivity contribution in [3.05, 3.63) is 0 Å². The van der Waals surface area contributed by atoms with Gasteiger partial charge in [0.2, 0.25) is 0 Å². The summed E-state index contributed by atoms with van der Waals surface area (Å²) in [6.45, 7) is 5.56. The second-order valence-electron chi connectivity index (χ2n) is 2.17. The van der Waals surface area contributed by atoms with Crippen molar-refractivity contribution in [2.75, 3.05) is 0 Å². The van der Waals surface area contributed by atoms with Gasteiger partial charge >= 0.3 is 68.9 Å². The minimum absolute atomic E-state index is 0. The van der Waals surface area contributed by atoms with Crippen LogP contribution in [0.4, 0.5) is 0 Å². The normalized spacial score (nSPS) is 10.3. The van der Waals surface area contributed by atoms with Gasteiger partial charge in [0.05, 0.1) is 5.60 Å². The van der Waals surface area contributed by atoms with Gasteiger partial charge < -0.3 is 5.11 Å². The molecule has 1 N–H and O–H groups in total. The summed E-state index contributed by atoms with van der Waals surface area (Å²) in [5.41, 5.74) is -0.458. The molecule has 0 saturated carbocycles. The van der Waals surface area contributed by atoms with Gasteiger partial charge in [0.15, 0.2) is 0 Å². The summed E-state index contributed by atoms with van der Waals surface area (Å²) in [5, 5.41) is 8.83. The summed E-state index contributed by atoms with van der Waals surface area (Å²) in [7, 11) is 0. The fraction of sp³-hybridized carbons (Fsp3) is 1.00. The van der Waals surface area contributed by atoms with E-state index in [2.05, 4.69) is 0 Å². The standard InChI is InChI=1S/C5H12O.Cs.H/c1-4-5(2,3)6;;/h6H,4H2,1-3H3;;. The molecular formula is C5H13CsO. The molecular weight excluding hydrogens is 209 g/mol. The van der Waals surface area contributed by atoms with Gasteiger partial charge in [-0.1, -0.05) is 6.92 Å². The maximum absolute atomic E-state index is 8.83. The van der Waals surface area contributed by atoms with Crippen LogP contribution in [-0.2, 0) is 0 Å². The fourth-order valence-corrected chi connectivity index (χ4v) is 0. The van der Waals surface area contributed by atoms with Crippen molar-refractivity contribution in [3.63, 3.8) is 0 Å². The zero-order chi connectivity index (χ0) is 5.21. The van der Waals surface area contributed by atoms with E-state index in [-0.39, 0.29) is 68.9 Å². The van der Waals surface area contributed by atoms with E-state index in [0.717, 1.165) is 6.42 Å². The van der Waals surface area contributed by atoms with Gasteiger partial charge in [-0.3, -0.25) is 0 Å². The van der Waals surface area contributed by atoms with Gasteiger partial charge in [-0.25, -0.2) is 0 Å². The van der Waals surface area contributed by atoms with E-state index in [4.69, 9.17) is 5.11 Å². The van der Waals surface area contributed by atoms with Gasteiger partial charge in [0.25, 0.3) is 0 Å². The predicted molar refractivity (Wildman–Crippen MR) is 33.7 cm³/mol. The molecule has 0 fully saturated rings. The van der Waals surface area contributed by atoms with Crippen molar-refractivity contribution >= 4 is 68.9 Å². The SMILES string of the molecule is CCC(C)(C)O.[CsH]. The summed E-state index contributed by atoms with van der Waals surface area (Å²) in [6.07, 6.45) is 0.826. The van der Waals surface area contributed by atoms with Crippen molar-refractivity contribution in [2.45, 2.75) is 32.8 Å². The molecule has 0 atom stereocenters. The quantitative estimate of drug-likeness (QED) is 0.685. The topological polar surface area (TPSA) is 20.2 Å². The van der Waals surface area contributed by atoms with Crippen LogP contribution in [0.25, 0.3) is 0 Å². The Morgan fingerprint density at radius 1 is 1.43 bits per heavy atom. The van der Waals surface area contributed by atoms with Crippen molar-refractivity contribution in [1.82, 2.24) is 0 Å². The van der Waals surface area contributed by atoms with E-state index in [1.165, 1.54) is 0 Å². The monoisotopic (exact) mass is 222 g/mol. The second kappa shape index (κ2) is 4.85. The first-order chi connectivity index (χ1) is 2.56. The van der Waals surface area contributed by atoms with Gasteiger partial charge in [-0.2, -0.15) is 0 Å². The van der Waals surface area contributed by atoms with Crippen LogP contribution in [0.2, 0.25) is 0 Å². The molecule has 40 valence electrons. The van der Waals surface area contributed by atoms with Crippen LogP contribution in [0.1, 0.15) is 27.2 Å². The average molecular weight is 222 g/mol. The molecule has 0 radical (unpaired) electrons. The molecule has 0 aliphatic rings. The molecule has 0 unspecified atom stereocenters. The minimum atomic E-state index is -0.458. The van der Waals surface area contributed by atoms with Crippen LogP contribution in [-0.4, -0.2) is 79.6 Å². The Morgan fingerprint density at radius 2 is 1.57 bits per heavy atom. The molecule has 1 nitrogen and oxygen atoms in total. The van der Waals surface area contributed by atoms with Crippen LogP contribution in [0.5, 0.6) is 0 Å². The average Bonchev–Trinajstić information content (AvgIpc) is 1.35. The van der Waals surface area contributed by atoms with Crippen LogP contribution >= 0.6 is 0 Å². The Hall–Kier alpha value is 2.01. The molecule has 7 heavy (non-hydrogen) atoms. The second-order valence-corrected chi connectivity index (χ2v) is 2.17. The molecule has 0 saturated heterocycles. The number of rotatable bonds is 1. The van der Waals surface area contributed by atoms with Crippen molar-refractivity contribution in [2.24, 2.45) is 0 Å². The third kappa shape index (κ3) is 11.5. The Kier molecular flexibility index (Phi) is 8.15. The third-order valence-electron chi connectivity index (χ3n) is 0.865. The number of hydrogen-bond donors (Lipinski definition) is 1. The molecule has 0 aromatic heterocycles. The van der Waals surface area contributed by atoms with E-state index in [0.29, 0.717) is 0 Å². The zero-order valence-corrected chi connectivity index (χ0v) is 4.65. The van der Waals surface area contributed by atoms with Gasteiger partial charge in [0.1, 0.15) is 0 Å². The van der Waals surface area contributed by atoms with Crippen LogP contribution in [0, 0.1) is 0 Å². The summed E-state index contributed by atoms with van der Waals surface area (Å²) < 4.78 is 0. The maximum atomic E-state index is 8.83. The van der Waals surface area contributed by atoms with E-state index in [1.807, 2.05) is 6.92 Å². The molecule has 0 bridgehead atoms. The summed E-state index contributed by atoms with van der Waals surface area (Å²) >= 11 is 0. The molecule has 0 aromatic rings. The van der Waals surface area contributed by atoms with E-state index in [1.54, 1.807) is 13.8 Å². The molecule has 0 aliphatic carbocycles. The first-order valence-electron chi connectivity index (χ1n) is 2.28. The van der Waals surface area contributed by atoms with Gasteiger partial charge in [-0.15, -0.1) is 0 Å². The summed E-state index contributed by atoms with van der Waals surface area (Å²) in [5.74, 6) is 0. The third-order valence-corrected chi connectivity index (χ3v) is 0.865. The molecule has 0 heterocycles. The molecule has 0 aliphatic heterocycles. The van der Waals surface area contributed by atoms with Gasteiger partial charge in [-0.05, 0) is 20.3 Å². The number of aliphatic hydroxyl groups is 1. The Morgan fingerprint density at radius 3 is 1.57 bits per heavy atom. The summed E-state index contributed by atoms with van der Waals surface area (Å²) in [6, 6.07) is 0. The zero-order valence-electron chi connectivity index (χ0n) is 4.65. The Balaban J connectivity index is 0. The molecule has 0 rings (SSSR count). The van der Waals surface area contributed by atoms with Crippen LogP contribution < -0.4 is 0 Å².